The molecule has 0 aliphatic heterocycles. The fourth-order valence-corrected chi connectivity index (χ4v) is 2.06. The highest BCUT2D eigenvalue weighted by Crippen LogP contribution is 2.34. The Hall–Kier alpha value is -1.40. The van der Waals surface area contributed by atoms with E-state index in [1.165, 1.54) is 6.07 Å². The number of benzene rings is 1. The summed E-state index contributed by atoms with van der Waals surface area (Å²) in [6.07, 6.45) is 1.71. The second kappa shape index (κ2) is 5.07. The largest absolute Gasteiger partial charge is 0.381 e. The number of ether oxygens (including phenoxy) is 1. The third kappa shape index (κ3) is 2.54. The summed E-state index contributed by atoms with van der Waals surface area (Å²) in [5, 5.41) is 13.7. The predicted molar refractivity (Wildman–Crippen MR) is 65.5 cm³/mol. The molecule has 1 aromatic rings. The summed E-state index contributed by atoms with van der Waals surface area (Å²) in [7, 11) is 1.62. The zero-order chi connectivity index (χ0) is 13.3. The van der Waals surface area contributed by atoms with Gasteiger partial charge in [-0.05, 0) is 18.9 Å². The van der Waals surface area contributed by atoms with Crippen LogP contribution >= 0.6 is 11.6 Å². The first-order valence-electron chi connectivity index (χ1n) is 5.44. The second-order valence-corrected chi connectivity index (χ2v) is 4.62. The standard InChI is InChI=1S/C11H12ClFN2O3/c1-18-7-2-6(3-7)14-10-4-8(12)9(13)5-11(10)15(16)17/h4-7,14H,2-3H2,1H3. The van der Waals surface area contributed by atoms with Crippen molar-refractivity contribution >= 4 is 23.0 Å². The number of nitro benzene ring substituents is 1. The van der Waals surface area contributed by atoms with Crippen LogP contribution in [0.1, 0.15) is 12.8 Å². The zero-order valence-corrected chi connectivity index (χ0v) is 10.4. The number of hydrogen-bond donors (Lipinski definition) is 1. The Morgan fingerprint density at radius 1 is 1.56 bits per heavy atom. The molecule has 1 aliphatic rings. The third-order valence-corrected chi connectivity index (χ3v) is 3.31. The molecule has 18 heavy (non-hydrogen) atoms. The van der Waals surface area contributed by atoms with Gasteiger partial charge in [0.05, 0.1) is 22.1 Å². The van der Waals surface area contributed by atoms with Gasteiger partial charge in [-0.25, -0.2) is 4.39 Å². The summed E-state index contributed by atoms with van der Waals surface area (Å²) in [5.74, 6) is -0.794. The Bertz CT molecular complexity index is 478. The molecule has 1 aliphatic carbocycles. The summed E-state index contributed by atoms with van der Waals surface area (Å²) in [6, 6.07) is 2.17. The molecule has 1 aromatic carbocycles. The topological polar surface area (TPSA) is 64.4 Å². The minimum Gasteiger partial charge on any atom is -0.381 e. The summed E-state index contributed by atoms with van der Waals surface area (Å²) in [6.45, 7) is 0. The molecule has 0 atom stereocenters. The van der Waals surface area contributed by atoms with Crippen LogP contribution in [0, 0.1) is 15.9 Å². The predicted octanol–water partition coefficient (Wildman–Crippen LogP) is 2.98. The van der Waals surface area contributed by atoms with Crippen molar-refractivity contribution in [3.63, 3.8) is 0 Å². The SMILES string of the molecule is COC1CC(Nc2cc(Cl)c(F)cc2[N+](=O)[O-])C1. The van der Waals surface area contributed by atoms with E-state index in [9.17, 15) is 14.5 Å². The smallest absolute Gasteiger partial charge is 0.295 e. The number of rotatable bonds is 4. The summed E-state index contributed by atoms with van der Waals surface area (Å²) < 4.78 is 18.3. The van der Waals surface area contributed by atoms with Crippen LogP contribution in [-0.4, -0.2) is 24.2 Å². The molecule has 1 saturated carbocycles. The average Bonchev–Trinajstić information content (AvgIpc) is 2.26. The lowest BCUT2D eigenvalue weighted by molar-refractivity contribution is -0.384. The van der Waals surface area contributed by atoms with Gasteiger partial charge in [0, 0.05) is 13.2 Å². The van der Waals surface area contributed by atoms with Gasteiger partial charge in [0.15, 0.2) is 0 Å². The maximum atomic E-state index is 13.2. The maximum absolute atomic E-state index is 13.2. The van der Waals surface area contributed by atoms with Crippen molar-refractivity contribution in [2.75, 3.05) is 12.4 Å². The molecule has 7 heteroatoms. The van der Waals surface area contributed by atoms with E-state index in [4.69, 9.17) is 16.3 Å². The summed E-state index contributed by atoms with van der Waals surface area (Å²) in [5.41, 5.74) is -0.0660. The van der Waals surface area contributed by atoms with E-state index in [1.807, 2.05) is 0 Å². The molecule has 0 bridgehead atoms. The molecule has 5 nitrogen and oxygen atoms in total. The van der Waals surface area contributed by atoms with E-state index in [1.54, 1.807) is 7.11 Å². The number of hydrogen-bond acceptors (Lipinski definition) is 4. The van der Waals surface area contributed by atoms with E-state index < -0.39 is 10.7 Å². The molecule has 0 heterocycles. The summed E-state index contributed by atoms with van der Waals surface area (Å²) in [4.78, 5) is 10.2. The normalized spacial score (nSPS) is 22.4. The lowest BCUT2D eigenvalue weighted by Gasteiger charge is -2.35. The van der Waals surface area contributed by atoms with Crippen LogP contribution in [0.15, 0.2) is 12.1 Å². The van der Waals surface area contributed by atoms with Crippen molar-refractivity contribution in [1.82, 2.24) is 0 Å². The molecule has 0 spiro atoms. The molecule has 98 valence electrons. The first-order valence-corrected chi connectivity index (χ1v) is 5.82. The van der Waals surface area contributed by atoms with Crippen molar-refractivity contribution in [3.05, 3.63) is 33.1 Å². The van der Waals surface area contributed by atoms with Crippen molar-refractivity contribution in [2.45, 2.75) is 25.0 Å². The molecule has 1 fully saturated rings. The third-order valence-electron chi connectivity index (χ3n) is 3.02. The molecule has 1 N–H and O–H groups in total. The monoisotopic (exact) mass is 274 g/mol. The van der Waals surface area contributed by atoms with Crippen LogP contribution in [-0.2, 0) is 4.74 Å². The van der Waals surface area contributed by atoms with E-state index >= 15 is 0 Å². The maximum Gasteiger partial charge on any atom is 0.295 e. The molecule has 0 aromatic heterocycles. The van der Waals surface area contributed by atoms with Crippen molar-refractivity contribution in [1.29, 1.82) is 0 Å². The zero-order valence-electron chi connectivity index (χ0n) is 9.65. The van der Waals surface area contributed by atoms with E-state index in [0.717, 1.165) is 18.9 Å². The van der Waals surface area contributed by atoms with Gasteiger partial charge >= 0.3 is 0 Å². The van der Waals surface area contributed by atoms with Crippen molar-refractivity contribution < 1.29 is 14.1 Å². The fourth-order valence-electron chi connectivity index (χ4n) is 1.90. The number of nitrogens with one attached hydrogen (secondary N) is 1. The highest BCUT2D eigenvalue weighted by Gasteiger charge is 2.30. The number of anilines is 1. The Morgan fingerprint density at radius 3 is 2.78 bits per heavy atom. The average molecular weight is 275 g/mol. The molecule has 2 rings (SSSR count). The van der Waals surface area contributed by atoms with Gasteiger partial charge in [-0.1, -0.05) is 11.6 Å². The van der Waals surface area contributed by atoms with Crippen LogP contribution in [0.2, 0.25) is 5.02 Å². The number of halogens is 2. The van der Waals surface area contributed by atoms with Gasteiger partial charge in [-0.15, -0.1) is 0 Å². The molecular formula is C11H12ClFN2O3. The van der Waals surface area contributed by atoms with Crippen molar-refractivity contribution in [2.24, 2.45) is 0 Å². The molecule has 0 saturated heterocycles. The Labute approximate surface area is 108 Å². The molecule has 0 unspecified atom stereocenters. The van der Waals surface area contributed by atoms with E-state index in [-0.39, 0.29) is 28.5 Å². The van der Waals surface area contributed by atoms with E-state index in [2.05, 4.69) is 5.32 Å². The van der Waals surface area contributed by atoms with Crippen molar-refractivity contribution in [3.8, 4) is 0 Å². The van der Waals surface area contributed by atoms with Gasteiger partial charge in [-0.2, -0.15) is 0 Å². The first kappa shape index (κ1) is 13.0. The lowest BCUT2D eigenvalue weighted by atomic mass is 9.89. The highest BCUT2D eigenvalue weighted by atomic mass is 35.5. The Kier molecular flexibility index (Phi) is 3.68. The highest BCUT2D eigenvalue weighted by molar-refractivity contribution is 6.31. The first-order chi connectivity index (χ1) is 8.51. The Morgan fingerprint density at radius 2 is 2.22 bits per heavy atom. The van der Waals surface area contributed by atoms with E-state index in [0.29, 0.717) is 0 Å². The molecular weight excluding hydrogens is 263 g/mol. The Balaban J connectivity index is 2.16. The van der Waals surface area contributed by atoms with Crippen LogP contribution in [0.3, 0.4) is 0 Å². The minimum absolute atomic E-state index is 0.0928. The fraction of sp³-hybridized carbons (Fsp3) is 0.455. The van der Waals surface area contributed by atoms with Gasteiger partial charge in [0.2, 0.25) is 0 Å². The quantitative estimate of drug-likeness (QED) is 0.677. The van der Waals surface area contributed by atoms with Gasteiger partial charge < -0.3 is 10.1 Å². The number of nitrogens with zero attached hydrogens (tertiary/aromatic N) is 1. The van der Waals surface area contributed by atoms with Crippen LogP contribution < -0.4 is 5.32 Å². The van der Waals surface area contributed by atoms with Gasteiger partial charge in [-0.3, -0.25) is 10.1 Å². The minimum atomic E-state index is -0.794. The molecule has 0 amide bonds. The van der Waals surface area contributed by atoms with Crippen LogP contribution in [0.5, 0.6) is 0 Å². The molecule has 0 radical (unpaired) electrons. The van der Waals surface area contributed by atoms with Gasteiger partial charge in [0.25, 0.3) is 5.69 Å². The number of methoxy groups -OCH3 is 1. The number of nitro groups is 1. The lowest BCUT2D eigenvalue weighted by Crippen LogP contribution is -2.40. The summed E-state index contributed by atoms with van der Waals surface area (Å²) >= 11 is 5.63. The van der Waals surface area contributed by atoms with Crippen LogP contribution in [0.4, 0.5) is 15.8 Å². The van der Waals surface area contributed by atoms with Crippen LogP contribution in [0.25, 0.3) is 0 Å². The van der Waals surface area contributed by atoms with Gasteiger partial charge in [0.1, 0.15) is 11.5 Å². The second-order valence-electron chi connectivity index (χ2n) is 4.21.